The quantitative estimate of drug-likeness (QED) is 0.711. The maximum atomic E-state index is 14.2. The van der Waals surface area contributed by atoms with Crippen LogP contribution in [0.5, 0.6) is 0 Å². The molecule has 0 aromatic heterocycles. The summed E-state index contributed by atoms with van der Waals surface area (Å²) in [5.74, 6) is -3.38. The maximum Gasteiger partial charge on any atom is 0.250 e. The smallest absolute Gasteiger partial charge is 0.250 e. The number of amides is 3. The molecule has 0 radical (unpaired) electrons. The van der Waals surface area contributed by atoms with Crippen LogP contribution in [0.1, 0.15) is 11.1 Å². The van der Waals surface area contributed by atoms with E-state index < -0.39 is 41.0 Å². The van der Waals surface area contributed by atoms with E-state index in [0.717, 1.165) is 5.56 Å². The van der Waals surface area contributed by atoms with Gasteiger partial charge in [-0.15, -0.1) is 0 Å². The fourth-order valence-electron chi connectivity index (χ4n) is 5.28. The monoisotopic (exact) mass is 423 g/mol. The van der Waals surface area contributed by atoms with Crippen molar-refractivity contribution in [1.82, 2.24) is 10.2 Å². The molecule has 0 aliphatic carbocycles. The van der Waals surface area contributed by atoms with E-state index in [4.69, 9.17) is 4.74 Å². The van der Waals surface area contributed by atoms with Crippen LogP contribution in [-0.2, 0) is 31.1 Å². The van der Waals surface area contributed by atoms with E-state index in [1.807, 2.05) is 30.3 Å². The highest BCUT2D eigenvalue weighted by molar-refractivity contribution is 6.15. The van der Waals surface area contributed by atoms with Crippen LogP contribution >= 0.6 is 0 Å². The van der Waals surface area contributed by atoms with Crippen LogP contribution in [0.25, 0.3) is 0 Å². The second kappa shape index (κ2) is 7.25. The number of hydrogen-bond acceptors (Lipinski definition) is 5. The molecule has 2 saturated heterocycles. The summed E-state index contributed by atoms with van der Waals surface area (Å²) in [6, 6.07) is 13.1. The molecule has 0 unspecified atom stereocenters. The van der Waals surface area contributed by atoms with E-state index in [1.54, 1.807) is 0 Å². The number of nitrogens with zero attached hydrogens (tertiary/aromatic N) is 1. The van der Waals surface area contributed by atoms with Gasteiger partial charge >= 0.3 is 0 Å². The molecule has 3 amide bonds. The Morgan fingerprint density at radius 2 is 1.87 bits per heavy atom. The summed E-state index contributed by atoms with van der Waals surface area (Å²) >= 11 is 0. The van der Waals surface area contributed by atoms with Crippen LogP contribution in [0, 0.1) is 17.7 Å². The predicted octanol–water partition coefficient (Wildman–Crippen LogP) is 1.44. The van der Waals surface area contributed by atoms with Crippen LogP contribution < -0.4 is 10.6 Å². The second-order valence-electron chi connectivity index (χ2n) is 8.22. The Morgan fingerprint density at radius 3 is 2.61 bits per heavy atom. The molecule has 160 valence electrons. The van der Waals surface area contributed by atoms with Crippen molar-refractivity contribution in [2.75, 3.05) is 25.6 Å². The van der Waals surface area contributed by atoms with Gasteiger partial charge in [0.1, 0.15) is 11.4 Å². The number of ether oxygens (including phenoxy) is 1. The number of rotatable bonds is 5. The van der Waals surface area contributed by atoms with Crippen LogP contribution in [0.15, 0.2) is 48.5 Å². The van der Waals surface area contributed by atoms with Crippen molar-refractivity contribution in [1.29, 1.82) is 0 Å². The number of carbonyl (C=O) groups is 3. The van der Waals surface area contributed by atoms with Gasteiger partial charge in [-0.1, -0.05) is 30.3 Å². The fraction of sp³-hybridized carbons (Fsp3) is 0.348. The predicted molar refractivity (Wildman–Crippen MR) is 109 cm³/mol. The molecular weight excluding hydrogens is 401 g/mol. The summed E-state index contributed by atoms with van der Waals surface area (Å²) in [6.45, 7) is 0.324. The first kappa shape index (κ1) is 19.8. The zero-order valence-corrected chi connectivity index (χ0v) is 16.9. The van der Waals surface area contributed by atoms with Gasteiger partial charge in [0.05, 0.1) is 25.0 Å². The highest BCUT2D eigenvalue weighted by Gasteiger charge is 2.70. The van der Waals surface area contributed by atoms with Gasteiger partial charge in [0, 0.05) is 24.4 Å². The summed E-state index contributed by atoms with van der Waals surface area (Å²) in [7, 11) is 1.50. The third-order valence-electron chi connectivity index (χ3n) is 6.59. The minimum Gasteiger partial charge on any atom is -0.383 e. The van der Waals surface area contributed by atoms with E-state index in [2.05, 4.69) is 10.6 Å². The number of benzene rings is 2. The molecule has 2 N–H and O–H groups in total. The van der Waals surface area contributed by atoms with Crippen molar-refractivity contribution >= 4 is 23.4 Å². The van der Waals surface area contributed by atoms with E-state index in [1.165, 1.54) is 30.2 Å². The van der Waals surface area contributed by atoms with E-state index in [0.29, 0.717) is 17.7 Å². The van der Waals surface area contributed by atoms with Crippen molar-refractivity contribution in [2.24, 2.45) is 11.8 Å². The van der Waals surface area contributed by atoms with E-state index in [-0.39, 0.29) is 19.1 Å². The minimum atomic E-state index is -1.49. The van der Waals surface area contributed by atoms with Crippen LogP contribution in [0.3, 0.4) is 0 Å². The summed E-state index contributed by atoms with van der Waals surface area (Å²) in [6.07, 6.45) is 0.457. The van der Waals surface area contributed by atoms with Crippen molar-refractivity contribution in [3.8, 4) is 0 Å². The topological polar surface area (TPSA) is 87.7 Å². The summed E-state index contributed by atoms with van der Waals surface area (Å²) in [5.41, 5.74) is 0.312. The normalized spacial score (nSPS) is 28.9. The number of halogens is 1. The molecule has 7 nitrogen and oxygen atoms in total. The van der Waals surface area contributed by atoms with Gasteiger partial charge in [0.25, 0.3) is 0 Å². The minimum absolute atomic E-state index is 0.118. The lowest BCUT2D eigenvalue weighted by Crippen LogP contribution is -2.53. The molecule has 3 heterocycles. The zero-order chi connectivity index (χ0) is 21.8. The molecule has 2 fully saturated rings. The van der Waals surface area contributed by atoms with Crippen LogP contribution in [0.2, 0.25) is 0 Å². The number of methoxy groups -OCH3 is 1. The maximum absolute atomic E-state index is 14.2. The molecule has 4 atom stereocenters. The largest absolute Gasteiger partial charge is 0.383 e. The number of nitrogens with one attached hydrogen (secondary N) is 2. The Kier molecular flexibility index (Phi) is 4.64. The summed E-state index contributed by atoms with van der Waals surface area (Å²) in [4.78, 5) is 41.2. The van der Waals surface area contributed by atoms with Gasteiger partial charge in [-0.2, -0.15) is 0 Å². The molecule has 8 heteroatoms. The lowest BCUT2D eigenvalue weighted by Gasteiger charge is -2.29. The first-order valence-corrected chi connectivity index (χ1v) is 10.2. The van der Waals surface area contributed by atoms with Crippen LogP contribution in [-0.4, -0.2) is 48.9 Å². The number of fused-ring (bicyclic) bond motifs is 4. The molecule has 1 spiro atoms. The first-order chi connectivity index (χ1) is 15.0. The molecule has 0 bridgehead atoms. The van der Waals surface area contributed by atoms with Crippen molar-refractivity contribution in [2.45, 2.75) is 18.0 Å². The highest BCUT2D eigenvalue weighted by atomic mass is 19.1. The van der Waals surface area contributed by atoms with Gasteiger partial charge in [-0.25, -0.2) is 4.39 Å². The van der Waals surface area contributed by atoms with Gasteiger partial charge in [-0.3, -0.25) is 24.6 Å². The Labute approximate surface area is 178 Å². The third kappa shape index (κ3) is 2.82. The van der Waals surface area contributed by atoms with E-state index in [9.17, 15) is 18.8 Å². The molecule has 2 aromatic carbocycles. The number of imide groups is 1. The molecule has 5 rings (SSSR count). The number of likely N-dealkylation sites (tertiary alicyclic amines) is 1. The lowest BCUT2D eigenvalue weighted by molar-refractivity contribution is -0.143. The zero-order valence-electron chi connectivity index (χ0n) is 16.9. The molecule has 31 heavy (non-hydrogen) atoms. The Bertz CT molecular complexity index is 1080. The van der Waals surface area contributed by atoms with Crippen molar-refractivity contribution in [3.63, 3.8) is 0 Å². The Balaban J connectivity index is 1.62. The standard InChI is InChI=1S/C23H22FN3O4/c1-31-10-9-27-20(28)18-17(11-13-5-3-2-4-6-13)26-23(19(18)21(27)29)15-12-14(24)7-8-16(15)25-22(23)30/h2-8,12,17-19,26H,9-11H2,1H3,(H,25,30)/t17-,18-,19+,23+/m1/s1. The number of hydrogen-bond donors (Lipinski definition) is 2. The summed E-state index contributed by atoms with van der Waals surface area (Å²) < 4.78 is 19.2. The van der Waals surface area contributed by atoms with E-state index >= 15 is 0 Å². The Morgan fingerprint density at radius 1 is 1.10 bits per heavy atom. The average Bonchev–Trinajstić information content (AvgIpc) is 3.33. The van der Waals surface area contributed by atoms with Crippen molar-refractivity contribution in [3.05, 3.63) is 65.5 Å². The lowest BCUT2D eigenvalue weighted by atomic mass is 9.76. The average molecular weight is 423 g/mol. The van der Waals surface area contributed by atoms with Crippen LogP contribution in [0.4, 0.5) is 10.1 Å². The highest BCUT2D eigenvalue weighted by Crippen LogP contribution is 2.53. The molecular formula is C23H22FN3O4. The molecule has 0 saturated carbocycles. The van der Waals surface area contributed by atoms with Gasteiger partial charge < -0.3 is 10.1 Å². The SMILES string of the molecule is COCCN1C(=O)[C@H]2[C@@H](C1=O)[C@]1(N[C@@H]2Cc2ccccc2)C(=O)Nc2ccc(F)cc21. The Hall–Kier alpha value is -3.10. The van der Waals surface area contributed by atoms with Gasteiger partial charge in [0.2, 0.25) is 17.7 Å². The summed E-state index contributed by atoms with van der Waals surface area (Å²) in [5, 5.41) is 6.08. The number of anilines is 1. The first-order valence-electron chi connectivity index (χ1n) is 10.2. The molecule has 3 aliphatic heterocycles. The number of carbonyl (C=O) groups excluding carboxylic acids is 3. The van der Waals surface area contributed by atoms with Gasteiger partial charge in [-0.05, 0) is 30.2 Å². The second-order valence-corrected chi connectivity index (χ2v) is 8.22. The van der Waals surface area contributed by atoms with Crippen molar-refractivity contribution < 1.29 is 23.5 Å². The molecule has 3 aliphatic rings. The molecule has 2 aromatic rings. The third-order valence-corrected chi connectivity index (χ3v) is 6.59. The fourth-order valence-corrected chi connectivity index (χ4v) is 5.28. The van der Waals surface area contributed by atoms with Gasteiger partial charge in [0.15, 0.2) is 0 Å².